The molecule has 0 aliphatic carbocycles. The number of nitrogens with zero attached hydrogens (tertiary/aromatic N) is 1. The van der Waals surface area contributed by atoms with Crippen molar-refractivity contribution in [1.82, 2.24) is 5.16 Å². The first kappa shape index (κ1) is 22.5. The number of rotatable bonds is 8. The predicted molar refractivity (Wildman–Crippen MR) is 112 cm³/mol. The van der Waals surface area contributed by atoms with E-state index in [2.05, 4.69) is 15.8 Å². The zero-order valence-corrected chi connectivity index (χ0v) is 17.9. The Balaban J connectivity index is 1.77. The number of esters is 1. The van der Waals surface area contributed by atoms with E-state index in [1.165, 1.54) is 6.92 Å². The van der Waals surface area contributed by atoms with Crippen LogP contribution in [-0.4, -0.2) is 40.0 Å². The molecule has 1 aromatic carbocycles. The molecule has 29 heavy (non-hydrogen) atoms. The van der Waals surface area contributed by atoms with Gasteiger partial charge in [0.2, 0.25) is 5.91 Å². The van der Waals surface area contributed by atoms with Crippen molar-refractivity contribution in [2.24, 2.45) is 0 Å². The molecule has 0 spiro atoms. The molecule has 0 aliphatic rings. The van der Waals surface area contributed by atoms with Crippen LogP contribution in [0.5, 0.6) is 0 Å². The first-order valence-electron chi connectivity index (χ1n) is 9.09. The minimum Gasteiger partial charge on any atom is -0.452 e. The Bertz CT molecular complexity index is 896. The van der Waals surface area contributed by atoms with Gasteiger partial charge >= 0.3 is 5.97 Å². The van der Waals surface area contributed by atoms with Crippen LogP contribution in [0.15, 0.2) is 28.8 Å². The standard InChI is InChI=1S/C20H25N3O5S/c1-11-6-7-12(2)16(8-11)21-19(25)14(4)27-18(24)10-29-15(5)20(26)22-17-9-13(3)28-23-17/h6-9,14-15H,10H2,1-5H3,(H,21,25)(H,22,23,26)/t14-,15-/m0/s1. The van der Waals surface area contributed by atoms with E-state index in [4.69, 9.17) is 9.26 Å². The molecule has 0 bridgehead atoms. The molecule has 0 unspecified atom stereocenters. The number of anilines is 2. The number of amides is 2. The molecule has 2 atom stereocenters. The zero-order chi connectivity index (χ0) is 21.6. The third kappa shape index (κ3) is 6.94. The molecule has 8 nitrogen and oxygen atoms in total. The molecule has 0 fully saturated rings. The summed E-state index contributed by atoms with van der Waals surface area (Å²) in [5, 5.41) is 8.54. The number of aryl methyl sites for hydroxylation is 3. The Morgan fingerprint density at radius 3 is 2.48 bits per heavy atom. The van der Waals surface area contributed by atoms with Crippen molar-refractivity contribution in [2.45, 2.75) is 46.0 Å². The molecule has 0 saturated carbocycles. The summed E-state index contributed by atoms with van der Waals surface area (Å²) in [7, 11) is 0. The van der Waals surface area contributed by atoms with Gasteiger partial charge in [0.1, 0.15) is 5.76 Å². The normalized spacial score (nSPS) is 12.7. The molecule has 0 radical (unpaired) electrons. The lowest BCUT2D eigenvalue weighted by molar-refractivity contribution is -0.150. The van der Waals surface area contributed by atoms with E-state index >= 15 is 0 Å². The number of thioether (sulfide) groups is 1. The fourth-order valence-corrected chi connectivity index (χ4v) is 2.98. The smallest absolute Gasteiger partial charge is 0.316 e. The number of nitrogens with one attached hydrogen (secondary N) is 2. The van der Waals surface area contributed by atoms with Crippen LogP contribution in [0.3, 0.4) is 0 Å². The monoisotopic (exact) mass is 419 g/mol. The van der Waals surface area contributed by atoms with Crippen LogP contribution < -0.4 is 10.6 Å². The number of ether oxygens (including phenoxy) is 1. The number of benzene rings is 1. The maximum atomic E-state index is 12.3. The van der Waals surface area contributed by atoms with Gasteiger partial charge < -0.3 is 19.9 Å². The van der Waals surface area contributed by atoms with Gasteiger partial charge in [0.15, 0.2) is 11.9 Å². The number of hydrogen-bond donors (Lipinski definition) is 2. The van der Waals surface area contributed by atoms with Crippen molar-refractivity contribution < 1.29 is 23.6 Å². The molecule has 2 rings (SSSR count). The van der Waals surface area contributed by atoms with E-state index in [1.54, 1.807) is 19.9 Å². The average Bonchev–Trinajstić information content (AvgIpc) is 3.07. The van der Waals surface area contributed by atoms with Gasteiger partial charge in [-0.3, -0.25) is 14.4 Å². The summed E-state index contributed by atoms with van der Waals surface area (Å²) in [6.45, 7) is 8.70. The van der Waals surface area contributed by atoms with Crippen LogP contribution in [0.1, 0.15) is 30.7 Å². The van der Waals surface area contributed by atoms with Crippen molar-refractivity contribution in [2.75, 3.05) is 16.4 Å². The Morgan fingerprint density at radius 1 is 1.10 bits per heavy atom. The summed E-state index contributed by atoms with van der Waals surface area (Å²) in [6, 6.07) is 7.31. The fraction of sp³-hybridized carbons (Fsp3) is 0.400. The highest BCUT2D eigenvalue weighted by molar-refractivity contribution is 8.01. The topological polar surface area (TPSA) is 111 Å². The van der Waals surface area contributed by atoms with E-state index in [1.807, 2.05) is 32.0 Å². The summed E-state index contributed by atoms with van der Waals surface area (Å²) in [4.78, 5) is 36.4. The van der Waals surface area contributed by atoms with E-state index < -0.39 is 23.2 Å². The molecule has 1 aromatic heterocycles. The van der Waals surface area contributed by atoms with Gasteiger partial charge in [-0.15, -0.1) is 11.8 Å². The molecular formula is C20H25N3O5S. The average molecular weight is 420 g/mol. The Morgan fingerprint density at radius 2 is 1.83 bits per heavy atom. The third-order valence-corrected chi connectivity index (χ3v) is 5.14. The predicted octanol–water partition coefficient (Wildman–Crippen LogP) is 3.23. The van der Waals surface area contributed by atoms with Gasteiger partial charge in [-0.25, -0.2) is 0 Å². The van der Waals surface area contributed by atoms with Crippen molar-refractivity contribution in [3.05, 3.63) is 41.2 Å². The molecule has 156 valence electrons. The fourth-order valence-electron chi connectivity index (χ4n) is 2.31. The maximum absolute atomic E-state index is 12.3. The van der Waals surface area contributed by atoms with Crippen LogP contribution in [0.2, 0.25) is 0 Å². The lowest BCUT2D eigenvalue weighted by Gasteiger charge is -2.16. The first-order chi connectivity index (χ1) is 13.7. The van der Waals surface area contributed by atoms with Crippen molar-refractivity contribution in [1.29, 1.82) is 0 Å². The number of aromatic nitrogens is 1. The molecule has 2 amide bonds. The molecule has 0 saturated heterocycles. The summed E-state index contributed by atoms with van der Waals surface area (Å²) in [5.74, 6) is -0.457. The van der Waals surface area contributed by atoms with Gasteiger partial charge in [-0.2, -0.15) is 0 Å². The highest BCUT2D eigenvalue weighted by atomic mass is 32.2. The highest BCUT2D eigenvalue weighted by Crippen LogP contribution is 2.18. The summed E-state index contributed by atoms with van der Waals surface area (Å²) >= 11 is 1.10. The van der Waals surface area contributed by atoms with Gasteiger partial charge in [0.25, 0.3) is 5.91 Å². The SMILES string of the molecule is Cc1ccc(C)c(NC(=O)[C@H](C)OC(=O)CS[C@@H](C)C(=O)Nc2cc(C)on2)c1. The van der Waals surface area contributed by atoms with E-state index in [-0.39, 0.29) is 11.7 Å². The van der Waals surface area contributed by atoms with Crippen LogP contribution in [0, 0.1) is 20.8 Å². The van der Waals surface area contributed by atoms with Crippen LogP contribution in [0.4, 0.5) is 11.5 Å². The number of hydrogen-bond acceptors (Lipinski definition) is 7. The third-order valence-electron chi connectivity index (χ3n) is 4.03. The van der Waals surface area contributed by atoms with Crippen LogP contribution in [0.25, 0.3) is 0 Å². The molecule has 9 heteroatoms. The Hall–Kier alpha value is -2.81. The molecule has 0 aliphatic heterocycles. The second-order valence-electron chi connectivity index (χ2n) is 6.71. The van der Waals surface area contributed by atoms with Gasteiger partial charge in [0, 0.05) is 11.8 Å². The maximum Gasteiger partial charge on any atom is 0.316 e. The zero-order valence-electron chi connectivity index (χ0n) is 17.1. The lowest BCUT2D eigenvalue weighted by Crippen LogP contribution is -2.31. The number of carbonyl (C=O) groups excluding carboxylic acids is 3. The van der Waals surface area contributed by atoms with Gasteiger partial charge in [-0.1, -0.05) is 17.3 Å². The van der Waals surface area contributed by atoms with E-state index in [9.17, 15) is 14.4 Å². The summed E-state index contributed by atoms with van der Waals surface area (Å²) in [5.41, 5.74) is 2.61. The molecule has 1 heterocycles. The second kappa shape index (κ2) is 10.1. The van der Waals surface area contributed by atoms with Crippen molar-refractivity contribution >= 4 is 41.1 Å². The van der Waals surface area contributed by atoms with E-state index in [0.29, 0.717) is 17.3 Å². The van der Waals surface area contributed by atoms with E-state index in [0.717, 1.165) is 22.9 Å². The lowest BCUT2D eigenvalue weighted by atomic mass is 10.1. The Kier molecular flexibility index (Phi) is 7.83. The Labute approximate surface area is 173 Å². The molecular weight excluding hydrogens is 394 g/mol. The van der Waals surface area contributed by atoms with Crippen molar-refractivity contribution in [3.63, 3.8) is 0 Å². The summed E-state index contributed by atoms with van der Waals surface area (Å²) < 4.78 is 10.1. The molecule has 2 N–H and O–H groups in total. The quantitative estimate of drug-likeness (QED) is 0.632. The van der Waals surface area contributed by atoms with Crippen LogP contribution in [-0.2, 0) is 19.1 Å². The van der Waals surface area contributed by atoms with Gasteiger partial charge in [-0.05, 0) is 51.8 Å². The molecule has 2 aromatic rings. The van der Waals surface area contributed by atoms with Gasteiger partial charge in [0.05, 0.1) is 11.0 Å². The first-order valence-corrected chi connectivity index (χ1v) is 10.1. The summed E-state index contributed by atoms with van der Waals surface area (Å²) in [6.07, 6.45) is -0.953. The number of carbonyl (C=O) groups is 3. The minimum atomic E-state index is -0.953. The largest absolute Gasteiger partial charge is 0.452 e. The minimum absolute atomic E-state index is 0.0620. The van der Waals surface area contributed by atoms with Crippen molar-refractivity contribution in [3.8, 4) is 0 Å². The second-order valence-corrected chi connectivity index (χ2v) is 8.03. The van der Waals surface area contributed by atoms with Crippen LogP contribution >= 0.6 is 11.8 Å². The highest BCUT2D eigenvalue weighted by Gasteiger charge is 2.21.